The second-order valence-electron chi connectivity index (χ2n) is 5.64. The maximum Gasteiger partial charge on any atom is 0.233 e. The molecule has 1 aromatic heterocycles. The zero-order valence-corrected chi connectivity index (χ0v) is 14.3. The number of ether oxygens (including phenoxy) is 1. The summed E-state index contributed by atoms with van der Waals surface area (Å²) >= 11 is 1.42. The average molecular weight is 332 g/mol. The summed E-state index contributed by atoms with van der Waals surface area (Å²) in [6, 6.07) is 8.05. The van der Waals surface area contributed by atoms with Crippen molar-refractivity contribution >= 4 is 17.7 Å². The zero-order valence-electron chi connectivity index (χ0n) is 13.4. The Morgan fingerprint density at radius 2 is 2.04 bits per heavy atom. The molecule has 1 amide bonds. The molecule has 0 spiro atoms. The number of hydrogen-bond acceptors (Lipinski definition) is 5. The van der Waals surface area contributed by atoms with E-state index in [1.165, 1.54) is 11.8 Å². The van der Waals surface area contributed by atoms with Crippen LogP contribution in [-0.2, 0) is 11.8 Å². The molecule has 122 valence electrons. The Morgan fingerprint density at radius 1 is 1.35 bits per heavy atom. The first-order valence-electron chi connectivity index (χ1n) is 7.59. The minimum Gasteiger partial charge on any atom is -0.497 e. The van der Waals surface area contributed by atoms with Gasteiger partial charge in [-0.05, 0) is 44.0 Å². The van der Waals surface area contributed by atoms with Crippen LogP contribution >= 0.6 is 11.8 Å². The number of thioether (sulfide) groups is 1. The van der Waals surface area contributed by atoms with Gasteiger partial charge in [-0.15, -0.1) is 10.2 Å². The summed E-state index contributed by atoms with van der Waals surface area (Å²) in [7, 11) is 3.55. The van der Waals surface area contributed by atoms with E-state index in [0.29, 0.717) is 6.04 Å². The van der Waals surface area contributed by atoms with Gasteiger partial charge >= 0.3 is 0 Å². The standard InChI is InChI=1S/C16H20N4O2S/c1-10(15(21)17-12-6-7-12)23-16-19-18-14(20(16)2)11-4-8-13(22-3)9-5-11/h4-5,8-10,12H,6-7H2,1-3H3,(H,17,21). The van der Waals surface area contributed by atoms with E-state index in [9.17, 15) is 4.79 Å². The first-order valence-corrected chi connectivity index (χ1v) is 8.47. The largest absolute Gasteiger partial charge is 0.497 e. The molecule has 0 aliphatic heterocycles. The number of nitrogens with zero attached hydrogens (tertiary/aromatic N) is 3. The van der Waals surface area contributed by atoms with E-state index >= 15 is 0 Å². The monoisotopic (exact) mass is 332 g/mol. The molecular formula is C16H20N4O2S. The number of aromatic nitrogens is 3. The van der Waals surface area contributed by atoms with Crippen molar-refractivity contribution < 1.29 is 9.53 Å². The van der Waals surface area contributed by atoms with Crippen LogP contribution < -0.4 is 10.1 Å². The van der Waals surface area contributed by atoms with Gasteiger partial charge in [0.25, 0.3) is 0 Å². The quantitative estimate of drug-likeness (QED) is 0.822. The van der Waals surface area contributed by atoms with E-state index in [-0.39, 0.29) is 11.2 Å². The van der Waals surface area contributed by atoms with Crippen molar-refractivity contribution in [1.29, 1.82) is 0 Å². The van der Waals surface area contributed by atoms with E-state index in [1.807, 2.05) is 42.8 Å². The number of benzene rings is 1. The maximum absolute atomic E-state index is 12.1. The van der Waals surface area contributed by atoms with Crippen molar-refractivity contribution in [3.8, 4) is 17.1 Å². The van der Waals surface area contributed by atoms with Gasteiger partial charge in [-0.1, -0.05) is 11.8 Å². The Kier molecular flexibility index (Phi) is 4.56. The fourth-order valence-corrected chi connectivity index (χ4v) is 2.99. The van der Waals surface area contributed by atoms with Gasteiger partial charge in [-0.25, -0.2) is 0 Å². The summed E-state index contributed by atoms with van der Waals surface area (Å²) in [4.78, 5) is 12.1. The van der Waals surface area contributed by atoms with Crippen LogP contribution in [0.15, 0.2) is 29.4 Å². The third kappa shape index (κ3) is 3.67. The fourth-order valence-electron chi connectivity index (χ4n) is 2.17. The van der Waals surface area contributed by atoms with E-state index in [0.717, 1.165) is 35.1 Å². The van der Waals surface area contributed by atoms with Crippen LogP contribution in [0.5, 0.6) is 5.75 Å². The molecule has 1 N–H and O–H groups in total. The third-order valence-corrected chi connectivity index (χ3v) is 4.89. The van der Waals surface area contributed by atoms with Gasteiger partial charge < -0.3 is 14.6 Å². The highest BCUT2D eigenvalue weighted by molar-refractivity contribution is 8.00. The summed E-state index contributed by atoms with van der Waals surface area (Å²) in [5, 5.41) is 12.0. The third-order valence-electron chi connectivity index (χ3n) is 3.76. The van der Waals surface area contributed by atoms with Crippen LogP contribution in [0.3, 0.4) is 0 Å². The molecule has 1 atom stereocenters. The second-order valence-corrected chi connectivity index (χ2v) is 6.94. The van der Waals surface area contributed by atoms with Gasteiger partial charge in [-0.2, -0.15) is 0 Å². The van der Waals surface area contributed by atoms with Crippen molar-refractivity contribution in [3.05, 3.63) is 24.3 Å². The van der Waals surface area contributed by atoms with E-state index in [2.05, 4.69) is 15.5 Å². The van der Waals surface area contributed by atoms with Crippen molar-refractivity contribution in [3.63, 3.8) is 0 Å². The first kappa shape index (κ1) is 15.9. The van der Waals surface area contributed by atoms with Crippen LogP contribution in [0.1, 0.15) is 19.8 Å². The highest BCUT2D eigenvalue weighted by Crippen LogP contribution is 2.27. The molecular weight excluding hydrogens is 312 g/mol. The molecule has 0 radical (unpaired) electrons. The first-order chi connectivity index (χ1) is 11.1. The van der Waals surface area contributed by atoms with Crippen molar-refractivity contribution in [2.24, 2.45) is 7.05 Å². The molecule has 1 aliphatic carbocycles. The zero-order chi connectivity index (χ0) is 16.4. The lowest BCUT2D eigenvalue weighted by atomic mass is 10.2. The number of carbonyl (C=O) groups is 1. The second kappa shape index (κ2) is 6.62. The predicted molar refractivity (Wildman–Crippen MR) is 89.5 cm³/mol. The van der Waals surface area contributed by atoms with Crippen LogP contribution in [-0.4, -0.2) is 39.1 Å². The lowest BCUT2D eigenvalue weighted by Crippen LogP contribution is -2.32. The molecule has 23 heavy (non-hydrogen) atoms. The summed E-state index contributed by atoms with van der Waals surface area (Å²) in [6.07, 6.45) is 2.18. The molecule has 0 saturated heterocycles. The molecule has 1 saturated carbocycles. The van der Waals surface area contributed by atoms with Gasteiger partial charge in [0.05, 0.1) is 12.4 Å². The van der Waals surface area contributed by atoms with Crippen LogP contribution in [0.2, 0.25) is 0 Å². The van der Waals surface area contributed by atoms with Crippen LogP contribution in [0, 0.1) is 0 Å². The summed E-state index contributed by atoms with van der Waals surface area (Å²) in [5.41, 5.74) is 0.961. The molecule has 6 nitrogen and oxygen atoms in total. The van der Waals surface area contributed by atoms with Gasteiger partial charge in [0.15, 0.2) is 11.0 Å². The molecule has 1 fully saturated rings. The van der Waals surface area contributed by atoms with E-state index in [1.54, 1.807) is 7.11 Å². The summed E-state index contributed by atoms with van der Waals surface area (Å²) in [5.74, 6) is 1.63. The van der Waals surface area contributed by atoms with Crippen molar-refractivity contribution in [2.75, 3.05) is 7.11 Å². The molecule has 7 heteroatoms. The topological polar surface area (TPSA) is 69.0 Å². The number of methoxy groups -OCH3 is 1. The highest BCUT2D eigenvalue weighted by atomic mass is 32.2. The Labute approximate surface area is 139 Å². The molecule has 2 aromatic rings. The summed E-state index contributed by atoms with van der Waals surface area (Å²) < 4.78 is 7.07. The Balaban J connectivity index is 1.71. The van der Waals surface area contributed by atoms with E-state index in [4.69, 9.17) is 4.74 Å². The highest BCUT2D eigenvalue weighted by Gasteiger charge is 2.27. The molecule has 3 rings (SSSR count). The smallest absolute Gasteiger partial charge is 0.233 e. The number of hydrogen-bond donors (Lipinski definition) is 1. The van der Waals surface area contributed by atoms with E-state index < -0.39 is 0 Å². The van der Waals surface area contributed by atoms with Crippen molar-refractivity contribution in [1.82, 2.24) is 20.1 Å². The number of amides is 1. The van der Waals surface area contributed by atoms with Gasteiger partial charge in [0, 0.05) is 18.7 Å². The Bertz CT molecular complexity index is 695. The Hall–Kier alpha value is -2.02. The number of carbonyl (C=O) groups excluding carboxylic acids is 1. The van der Waals surface area contributed by atoms with Gasteiger partial charge in [-0.3, -0.25) is 4.79 Å². The average Bonchev–Trinajstić information content (AvgIpc) is 3.31. The fraction of sp³-hybridized carbons (Fsp3) is 0.438. The van der Waals surface area contributed by atoms with Crippen molar-refractivity contribution in [2.45, 2.75) is 36.2 Å². The predicted octanol–water partition coefficient (Wildman–Crippen LogP) is 2.25. The number of rotatable bonds is 6. The lowest BCUT2D eigenvalue weighted by Gasteiger charge is -2.11. The molecule has 1 heterocycles. The maximum atomic E-state index is 12.1. The lowest BCUT2D eigenvalue weighted by molar-refractivity contribution is -0.120. The SMILES string of the molecule is COc1ccc(-c2nnc(SC(C)C(=O)NC3CC3)n2C)cc1. The molecule has 1 unspecified atom stereocenters. The number of nitrogens with one attached hydrogen (secondary N) is 1. The molecule has 0 bridgehead atoms. The van der Waals surface area contributed by atoms with Gasteiger partial charge in [0.2, 0.25) is 5.91 Å². The minimum atomic E-state index is -0.192. The summed E-state index contributed by atoms with van der Waals surface area (Å²) in [6.45, 7) is 1.89. The van der Waals surface area contributed by atoms with Crippen LogP contribution in [0.25, 0.3) is 11.4 Å². The van der Waals surface area contributed by atoms with Crippen LogP contribution in [0.4, 0.5) is 0 Å². The Morgan fingerprint density at radius 3 is 2.65 bits per heavy atom. The molecule has 1 aromatic carbocycles. The normalized spacial score (nSPS) is 15.3. The van der Waals surface area contributed by atoms with Gasteiger partial charge in [0.1, 0.15) is 5.75 Å². The minimum absolute atomic E-state index is 0.0616. The molecule has 1 aliphatic rings.